The van der Waals surface area contributed by atoms with Crippen molar-refractivity contribution in [1.29, 1.82) is 0 Å². The molecule has 0 spiro atoms. The minimum absolute atomic E-state index is 0.0215. The van der Waals surface area contributed by atoms with E-state index in [9.17, 15) is 4.79 Å². The van der Waals surface area contributed by atoms with Gasteiger partial charge >= 0.3 is 0 Å². The van der Waals surface area contributed by atoms with E-state index in [4.69, 9.17) is 4.42 Å². The van der Waals surface area contributed by atoms with E-state index in [1.165, 1.54) is 0 Å². The van der Waals surface area contributed by atoms with Gasteiger partial charge in [-0.2, -0.15) is 0 Å². The van der Waals surface area contributed by atoms with Crippen LogP contribution in [0, 0.1) is 5.92 Å². The zero-order valence-electron chi connectivity index (χ0n) is 12.7. The Morgan fingerprint density at radius 2 is 2.24 bits per heavy atom. The zero-order chi connectivity index (χ0) is 15.0. The topological polar surface area (TPSA) is 58.4 Å². The largest absolute Gasteiger partial charge is 0.464 e. The van der Waals surface area contributed by atoms with Gasteiger partial charge in [-0.05, 0) is 39.3 Å². The van der Waals surface area contributed by atoms with Crippen molar-refractivity contribution >= 4 is 22.7 Å². The highest BCUT2D eigenvalue weighted by Gasteiger charge is 2.31. The van der Waals surface area contributed by atoms with Gasteiger partial charge in [-0.15, -0.1) is 0 Å². The smallest absolute Gasteiger partial charge is 0.225 e. The van der Waals surface area contributed by atoms with E-state index in [1.54, 1.807) is 12.5 Å². The van der Waals surface area contributed by atoms with Crippen LogP contribution < -0.4 is 10.2 Å². The molecule has 2 aromatic heterocycles. The van der Waals surface area contributed by atoms with E-state index in [-0.39, 0.29) is 17.4 Å². The number of hydrogen-bond donors (Lipinski definition) is 1. The molecule has 1 amide bonds. The molecule has 2 aromatic rings. The molecule has 112 valence electrons. The van der Waals surface area contributed by atoms with Gasteiger partial charge in [0.05, 0.1) is 17.6 Å². The number of carbonyl (C=O) groups is 1. The summed E-state index contributed by atoms with van der Waals surface area (Å²) in [7, 11) is 0. The predicted molar refractivity (Wildman–Crippen MR) is 82.2 cm³/mol. The van der Waals surface area contributed by atoms with Gasteiger partial charge in [-0.25, -0.2) is 4.98 Å². The maximum Gasteiger partial charge on any atom is 0.225 e. The zero-order valence-corrected chi connectivity index (χ0v) is 12.7. The Labute approximate surface area is 124 Å². The molecule has 21 heavy (non-hydrogen) atoms. The Morgan fingerprint density at radius 3 is 3.00 bits per heavy atom. The van der Waals surface area contributed by atoms with Crippen LogP contribution in [-0.4, -0.2) is 29.5 Å². The number of amides is 1. The average molecular weight is 287 g/mol. The van der Waals surface area contributed by atoms with Crippen LogP contribution in [0.15, 0.2) is 29.0 Å². The summed E-state index contributed by atoms with van der Waals surface area (Å²) in [6.45, 7) is 7.57. The molecule has 0 aliphatic carbocycles. The third-order valence-corrected chi connectivity index (χ3v) is 3.72. The molecule has 1 unspecified atom stereocenters. The third kappa shape index (κ3) is 2.86. The maximum absolute atomic E-state index is 12.3. The molecule has 1 fully saturated rings. The standard InChI is InChI=1S/C16H21N3O2/c1-16(2,3)18-15(20)11-5-8-19(10-11)14-12-6-9-21-13(12)4-7-17-14/h4,6-7,9,11H,5,8,10H2,1-3H3,(H,18,20). The van der Waals surface area contributed by atoms with Crippen LogP contribution in [0.3, 0.4) is 0 Å². The van der Waals surface area contributed by atoms with Gasteiger partial charge in [-0.3, -0.25) is 4.79 Å². The molecule has 1 saturated heterocycles. The van der Waals surface area contributed by atoms with Crippen molar-refractivity contribution in [3.05, 3.63) is 24.6 Å². The van der Waals surface area contributed by atoms with Crippen molar-refractivity contribution in [2.24, 2.45) is 5.92 Å². The van der Waals surface area contributed by atoms with Crippen molar-refractivity contribution < 1.29 is 9.21 Å². The SMILES string of the molecule is CC(C)(C)NC(=O)C1CCN(c2nccc3occc23)C1. The number of nitrogens with one attached hydrogen (secondary N) is 1. The summed E-state index contributed by atoms with van der Waals surface area (Å²) >= 11 is 0. The first-order valence-electron chi connectivity index (χ1n) is 7.33. The van der Waals surface area contributed by atoms with Crippen LogP contribution >= 0.6 is 0 Å². The summed E-state index contributed by atoms with van der Waals surface area (Å²) in [4.78, 5) is 18.9. The number of fused-ring (bicyclic) bond motifs is 1. The van der Waals surface area contributed by atoms with Gasteiger partial charge in [-0.1, -0.05) is 0 Å². The van der Waals surface area contributed by atoms with Gasteiger partial charge in [0.1, 0.15) is 11.4 Å². The number of aromatic nitrogens is 1. The molecule has 0 saturated carbocycles. The molecule has 1 N–H and O–H groups in total. The Morgan fingerprint density at radius 1 is 1.43 bits per heavy atom. The lowest BCUT2D eigenvalue weighted by molar-refractivity contribution is -0.125. The monoisotopic (exact) mass is 287 g/mol. The fraction of sp³-hybridized carbons (Fsp3) is 0.500. The van der Waals surface area contributed by atoms with Gasteiger partial charge in [0.2, 0.25) is 5.91 Å². The van der Waals surface area contributed by atoms with Crippen molar-refractivity contribution in [3.8, 4) is 0 Å². The molecule has 3 heterocycles. The van der Waals surface area contributed by atoms with Crippen molar-refractivity contribution in [3.63, 3.8) is 0 Å². The summed E-state index contributed by atoms with van der Waals surface area (Å²) < 4.78 is 5.41. The second-order valence-corrected chi connectivity index (χ2v) is 6.64. The van der Waals surface area contributed by atoms with Crippen LogP contribution in [0.25, 0.3) is 11.0 Å². The van der Waals surface area contributed by atoms with Crippen molar-refractivity contribution in [2.75, 3.05) is 18.0 Å². The summed E-state index contributed by atoms with van der Waals surface area (Å²) in [5, 5.41) is 4.07. The van der Waals surface area contributed by atoms with E-state index in [0.29, 0.717) is 6.54 Å². The first-order chi connectivity index (χ1) is 9.94. The fourth-order valence-corrected chi connectivity index (χ4v) is 2.77. The Bertz CT molecular complexity index is 657. The fourth-order valence-electron chi connectivity index (χ4n) is 2.77. The molecule has 1 aliphatic rings. The molecule has 5 heteroatoms. The van der Waals surface area contributed by atoms with E-state index >= 15 is 0 Å². The maximum atomic E-state index is 12.3. The number of hydrogen-bond acceptors (Lipinski definition) is 4. The number of pyridine rings is 1. The van der Waals surface area contributed by atoms with Crippen LogP contribution in [-0.2, 0) is 4.79 Å². The van der Waals surface area contributed by atoms with Crippen LogP contribution in [0.5, 0.6) is 0 Å². The molecule has 0 radical (unpaired) electrons. The Kier molecular flexibility index (Phi) is 3.35. The summed E-state index contributed by atoms with van der Waals surface area (Å²) in [6.07, 6.45) is 4.29. The normalized spacial score (nSPS) is 19.2. The molecule has 1 atom stereocenters. The average Bonchev–Trinajstić information content (AvgIpc) is 3.05. The quantitative estimate of drug-likeness (QED) is 0.922. The van der Waals surface area contributed by atoms with E-state index in [2.05, 4.69) is 15.2 Å². The summed E-state index contributed by atoms with van der Waals surface area (Å²) in [6, 6.07) is 3.79. The van der Waals surface area contributed by atoms with Crippen LogP contribution in [0.1, 0.15) is 27.2 Å². The highest BCUT2D eigenvalue weighted by molar-refractivity contribution is 5.89. The Hall–Kier alpha value is -2.04. The molecule has 5 nitrogen and oxygen atoms in total. The molecule has 3 rings (SSSR count). The van der Waals surface area contributed by atoms with Gasteiger partial charge in [0, 0.05) is 24.8 Å². The first-order valence-corrected chi connectivity index (χ1v) is 7.33. The lowest BCUT2D eigenvalue weighted by Crippen LogP contribution is -2.44. The van der Waals surface area contributed by atoms with Gasteiger partial charge in [0.15, 0.2) is 0 Å². The molecular weight excluding hydrogens is 266 g/mol. The summed E-state index contributed by atoms with van der Waals surface area (Å²) in [5.41, 5.74) is 0.649. The van der Waals surface area contributed by atoms with Crippen LogP contribution in [0.4, 0.5) is 5.82 Å². The van der Waals surface area contributed by atoms with E-state index in [0.717, 1.165) is 29.8 Å². The molecule has 0 aromatic carbocycles. The summed E-state index contributed by atoms with van der Waals surface area (Å²) in [5.74, 6) is 1.06. The number of carbonyl (C=O) groups excluding carboxylic acids is 1. The molecule has 1 aliphatic heterocycles. The molecule has 0 bridgehead atoms. The van der Waals surface area contributed by atoms with E-state index in [1.807, 2.05) is 32.9 Å². The van der Waals surface area contributed by atoms with Crippen LogP contribution in [0.2, 0.25) is 0 Å². The lowest BCUT2D eigenvalue weighted by Gasteiger charge is -2.23. The minimum Gasteiger partial charge on any atom is -0.464 e. The van der Waals surface area contributed by atoms with Gasteiger partial charge in [0.25, 0.3) is 0 Å². The number of nitrogens with zero attached hydrogens (tertiary/aromatic N) is 2. The first kappa shape index (κ1) is 13.9. The third-order valence-electron chi connectivity index (χ3n) is 3.72. The Balaban J connectivity index is 1.75. The van der Waals surface area contributed by atoms with E-state index < -0.39 is 0 Å². The van der Waals surface area contributed by atoms with Crippen molar-refractivity contribution in [1.82, 2.24) is 10.3 Å². The highest BCUT2D eigenvalue weighted by atomic mass is 16.3. The second kappa shape index (κ2) is 5.06. The van der Waals surface area contributed by atoms with Crippen molar-refractivity contribution in [2.45, 2.75) is 32.7 Å². The predicted octanol–water partition coefficient (Wildman–Crippen LogP) is 2.57. The number of furan rings is 1. The number of rotatable bonds is 2. The van der Waals surface area contributed by atoms with Gasteiger partial charge < -0.3 is 14.6 Å². The minimum atomic E-state index is -0.187. The molecular formula is C16H21N3O2. The second-order valence-electron chi connectivity index (χ2n) is 6.64. The highest BCUT2D eigenvalue weighted by Crippen LogP contribution is 2.29. The lowest BCUT2D eigenvalue weighted by atomic mass is 10.0. The number of anilines is 1.